The van der Waals surface area contributed by atoms with Gasteiger partial charge >= 0.3 is 0 Å². The van der Waals surface area contributed by atoms with Crippen LogP contribution < -0.4 is 5.32 Å². The van der Waals surface area contributed by atoms with Crippen molar-refractivity contribution in [2.24, 2.45) is 0 Å². The lowest BCUT2D eigenvalue weighted by molar-refractivity contribution is -0.119. The summed E-state index contributed by atoms with van der Waals surface area (Å²) in [5.41, 5.74) is 0. The van der Waals surface area contributed by atoms with Gasteiger partial charge < -0.3 is 5.32 Å². The van der Waals surface area contributed by atoms with Gasteiger partial charge in [0.2, 0.25) is 0 Å². The van der Waals surface area contributed by atoms with E-state index in [1.165, 1.54) is 44.9 Å². The van der Waals surface area contributed by atoms with Gasteiger partial charge in [0.1, 0.15) is 5.78 Å². The van der Waals surface area contributed by atoms with Crippen molar-refractivity contribution in [3.8, 4) is 0 Å². The molecule has 17 heavy (non-hydrogen) atoms. The van der Waals surface area contributed by atoms with E-state index in [-0.39, 0.29) is 0 Å². The third-order valence-electron chi connectivity index (χ3n) is 3.74. The molecule has 0 saturated carbocycles. The monoisotopic (exact) mass is 239 g/mol. The molecule has 0 bridgehead atoms. The molecule has 1 aliphatic rings. The molecule has 1 unspecified atom stereocenters. The number of piperidine rings is 1. The van der Waals surface area contributed by atoms with Crippen molar-refractivity contribution in [1.29, 1.82) is 0 Å². The van der Waals surface area contributed by atoms with Gasteiger partial charge in [0.25, 0.3) is 0 Å². The lowest BCUT2D eigenvalue weighted by Crippen LogP contribution is -2.34. The van der Waals surface area contributed by atoms with Gasteiger partial charge in [0.15, 0.2) is 0 Å². The summed E-state index contributed by atoms with van der Waals surface area (Å²) in [6.45, 7) is 3.37. The zero-order chi connectivity index (χ0) is 12.3. The first kappa shape index (κ1) is 14.7. The smallest absolute Gasteiger partial charge is 0.132 e. The van der Waals surface area contributed by atoms with Crippen LogP contribution in [0.4, 0.5) is 0 Å². The van der Waals surface area contributed by atoms with Crippen LogP contribution in [-0.2, 0) is 4.79 Å². The summed E-state index contributed by atoms with van der Waals surface area (Å²) < 4.78 is 0. The Hall–Kier alpha value is -0.370. The predicted octanol–water partition coefficient (Wildman–Crippen LogP) is 3.84. The molecule has 1 heterocycles. The van der Waals surface area contributed by atoms with Gasteiger partial charge in [-0.15, -0.1) is 0 Å². The highest BCUT2D eigenvalue weighted by Crippen LogP contribution is 2.13. The third kappa shape index (κ3) is 7.54. The molecular formula is C15H29NO. The first-order valence-corrected chi connectivity index (χ1v) is 7.58. The summed E-state index contributed by atoms with van der Waals surface area (Å²) in [7, 11) is 0. The van der Waals surface area contributed by atoms with Crippen molar-refractivity contribution >= 4 is 5.78 Å². The molecule has 2 heteroatoms. The molecule has 0 aromatic carbocycles. The molecule has 0 radical (unpaired) electrons. The number of carbonyl (C=O) groups excluding carboxylic acids is 1. The minimum Gasteiger partial charge on any atom is -0.314 e. The quantitative estimate of drug-likeness (QED) is 0.619. The molecule has 2 nitrogen and oxygen atoms in total. The van der Waals surface area contributed by atoms with E-state index >= 15 is 0 Å². The largest absolute Gasteiger partial charge is 0.314 e. The number of hydrogen-bond acceptors (Lipinski definition) is 2. The average Bonchev–Trinajstić information content (AvgIpc) is 2.37. The van der Waals surface area contributed by atoms with Crippen LogP contribution in [0.25, 0.3) is 0 Å². The predicted molar refractivity (Wildman–Crippen MR) is 73.3 cm³/mol. The Kier molecular flexibility index (Phi) is 8.33. The second-order valence-corrected chi connectivity index (χ2v) is 5.39. The summed E-state index contributed by atoms with van der Waals surface area (Å²) in [5.74, 6) is 0.480. The molecule has 0 aromatic heterocycles. The summed E-state index contributed by atoms with van der Waals surface area (Å²) in [5, 5.41) is 3.51. The Morgan fingerprint density at radius 1 is 1.12 bits per heavy atom. The first-order chi connectivity index (χ1) is 8.33. The Labute approximate surface area is 107 Å². The highest BCUT2D eigenvalue weighted by Gasteiger charge is 2.13. The molecule has 100 valence electrons. The van der Waals surface area contributed by atoms with Gasteiger partial charge in [0.05, 0.1) is 0 Å². The maximum Gasteiger partial charge on any atom is 0.132 e. The normalized spacial score (nSPS) is 20.4. The zero-order valence-electron chi connectivity index (χ0n) is 11.5. The van der Waals surface area contributed by atoms with E-state index in [0.717, 1.165) is 32.2 Å². The zero-order valence-corrected chi connectivity index (χ0v) is 11.5. The van der Waals surface area contributed by atoms with Gasteiger partial charge in [0, 0.05) is 18.9 Å². The van der Waals surface area contributed by atoms with Crippen molar-refractivity contribution < 1.29 is 4.79 Å². The summed E-state index contributed by atoms with van der Waals surface area (Å²) in [6.07, 6.45) is 12.8. The van der Waals surface area contributed by atoms with Crippen LogP contribution in [0.2, 0.25) is 0 Å². The second kappa shape index (κ2) is 9.64. The number of nitrogens with one attached hydrogen (secondary N) is 1. The fourth-order valence-electron chi connectivity index (χ4n) is 2.56. The SMILES string of the molecule is CCCCCCCC(=O)CCC1CCCCN1. The summed E-state index contributed by atoms with van der Waals surface area (Å²) in [6, 6.07) is 0.618. The van der Waals surface area contributed by atoms with Crippen LogP contribution in [0.5, 0.6) is 0 Å². The molecule has 0 aromatic rings. The number of Topliss-reactive ketones (excluding diaryl/α,β-unsaturated/α-hetero) is 1. The maximum atomic E-state index is 11.7. The molecule has 1 rings (SSSR count). The molecule has 1 N–H and O–H groups in total. The van der Waals surface area contributed by atoms with E-state index < -0.39 is 0 Å². The minimum atomic E-state index is 0.480. The molecule has 0 spiro atoms. The lowest BCUT2D eigenvalue weighted by atomic mass is 9.98. The van der Waals surface area contributed by atoms with Crippen LogP contribution in [0.1, 0.15) is 77.6 Å². The highest BCUT2D eigenvalue weighted by atomic mass is 16.1. The van der Waals surface area contributed by atoms with Gasteiger partial charge in [-0.05, 0) is 32.2 Å². The average molecular weight is 239 g/mol. The lowest BCUT2D eigenvalue weighted by Gasteiger charge is -2.22. The molecule has 1 atom stereocenters. The molecule has 0 amide bonds. The molecule has 0 aliphatic carbocycles. The summed E-state index contributed by atoms with van der Waals surface area (Å²) in [4.78, 5) is 11.7. The third-order valence-corrected chi connectivity index (χ3v) is 3.74. The van der Waals surface area contributed by atoms with Gasteiger partial charge in [-0.1, -0.05) is 39.0 Å². The Balaban J connectivity index is 1.93. The van der Waals surface area contributed by atoms with Crippen molar-refractivity contribution in [3.63, 3.8) is 0 Å². The number of ketones is 1. The van der Waals surface area contributed by atoms with E-state index in [2.05, 4.69) is 12.2 Å². The number of rotatable bonds is 9. The van der Waals surface area contributed by atoms with Crippen LogP contribution in [-0.4, -0.2) is 18.4 Å². The second-order valence-electron chi connectivity index (χ2n) is 5.39. The Morgan fingerprint density at radius 3 is 2.65 bits per heavy atom. The Bertz CT molecular complexity index is 197. The van der Waals surface area contributed by atoms with Crippen molar-refractivity contribution in [1.82, 2.24) is 5.32 Å². The van der Waals surface area contributed by atoms with E-state index in [1.807, 2.05) is 0 Å². The van der Waals surface area contributed by atoms with E-state index in [4.69, 9.17) is 0 Å². The minimum absolute atomic E-state index is 0.480. The molecule has 1 saturated heterocycles. The molecular weight excluding hydrogens is 210 g/mol. The number of hydrogen-bond donors (Lipinski definition) is 1. The molecule has 1 aliphatic heterocycles. The van der Waals surface area contributed by atoms with Crippen LogP contribution in [0.3, 0.4) is 0 Å². The molecule has 1 fully saturated rings. The Morgan fingerprint density at radius 2 is 1.94 bits per heavy atom. The van der Waals surface area contributed by atoms with Crippen LogP contribution in [0, 0.1) is 0 Å². The van der Waals surface area contributed by atoms with Gasteiger partial charge in [-0.25, -0.2) is 0 Å². The van der Waals surface area contributed by atoms with E-state index in [0.29, 0.717) is 11.8 Å². The van der Waals surface area contributed by atoms with Crippen molar-refractivity contribution in [2.75, 3.05) is 6.54 Å². The number of unbranched alkanes of at least 4 members (excludes halogenated alkanes) is 4. The standard InChI is InChI=1S/C15H29NO/c1-2-3-4-5-6-10-15(17)12-11-14-9-7-8-13-16-14/h14,16H,2-13H2,1H3. The van der Waals surface area contributed by atoms with Crippen LogP contribution >= 0.6 is 0 Å². The van der Waals surface area contributed by atoms with E-state index in [9.17, 15) is 4.79 Å². The number of carbonyl (C=O) groups is 1. The fraction of sp³-hybridized carbons (Fsp3) is 0.933. The maximum absolute atomic E-state index is 11.7. The topological polar surface area (TPSA) is 29.1 Å². The van der Waals surface area contributed by atoms with E-state index in [1.54, 1.807) is 0 Å². The summed E-state index contributed by atoms with van der Waals surface area (Å²) >= 11 is 0. The van der Waals surface area contributed by atoms with Crippen LogP contribution in [0.15, 0.2) is 0 Å². The van der Waals surface area contributed by atoms with Crippen molar-refractivity contribution in [2.45, 2.75) is 83.6 Å². The van der Waals surface area contributed by atoms with Gasteiger partial charge in [-0.3, -0.25) is 4.79 Å². The highest BCUT2D eigenvalue weighted by molar-refractivity contribution is 5.78. The van der Waals surface area contributed by atoms with Crippen molar-refractivity contribution in [3.05, 3.63) is 0 Å². The fourth-order valence-corrected chi connectivity index (χ4v) is 2.56. The first-order valence-electron chi connectivity index (χ1n) is 7.58. The van der Waals surface area contributed by atoms with Gasteiger partial charge in [-0.2, -0.15) is 0 Å².